The van der Waals surface area contributed by atoms with Crippen LogP contribution in [0.2, 0.25) is 25.2 Å². The van der Waals surface area contributed by atoms with E-state index in [1.54, 1.807) is 12.1 Å². The Kier molecular flexibility index (Phi) is 5.68. The van der Waals surface area contributed by atoms with E-state index < -0.39 is 18.1 Å². The SMILES string of the molecule is Cc1ccc(S(=O)(=O)NC(c2ccccc2)C(C)[Si](C)(C)C)cc1. The van der Waals surface area contributed by atoms with Crippen LogP contribution in [0.4, 0.5) is 0 Å². The van der Waals surface area contributed by atoms with Gasteiger partial charge in [0.15, 0.2) is 0 Å². The highest BCUT2D eigenvalue weighted by Gasteiger charge is 2.33. The van der Waals surface area contributed by atoms with E-state index in [0.29, 0.717) is 4.90 Å². The van der Waals surface area contributed by atoms with Gasteiger partial charge in [0.2, 0.25) is 10.0 Å². The predicted molar refractivity (Wildman–Crippen MR) is 103 cm³/mol. The van der Waals surface area contributed by atoms with Gasteiger partial charge in [0.1, 0.15) is 0 Å². The molecule has 2 unspecified atom stereocenters. The maximum atomic E-state index is 12.9. The summed E-state index contributed by atoms with van der Waals surface area (Å²) in [5.41, 5.74) is 2.33. The zero-order valence-electron chi connectivity index (χ0n) is 15.1. The monoisotopic (exact) mass is 361 g/mol. The Labute approximate surface area is 147 Å². The van der Waals surface area contributed by atoms with E-state index in [1.807, 2.05) is 49.4 Å². The van der Waals surface area contributed by atoms with E-state index in [9.17, 15) is 8.42 Å². The maximum Gasteiger partial charge on any atom is 0.241 e. The third kappa shape index (κ3) is 4.56. The van der Waals surface area contributed by atoms with Gasteiger partial charge in [0.25, 0.3) is 0 Å². The molecule has 2 rings (SSSR count). The molecule has 0 amide bonds. The Morgan fingerprint density at radius 3 is 1.96 bits per heavy atom. The summed E-state index contributed by atoms with van der Waals surface area (Å²) in [4.78, 5) is 0.316. The van der Waals surface area contributed by atoms with Crippen LogP contribution in [0.3, 0.4) is 0 Å². The lowest BCUT2D eigenvalue weighted by Crippen LogP contribution is -2.39. The molecular formula is C19H27NO2SSi. The fraction of sp³-hybridized carbons (Fsp3) is 0.368. The lowest BCUT2D eigenvalue weighted by Gasteiger charge is -2.33. The Balaban J connectivity index is 2.40. The van der Waals surface area contributed by atoms with E-state index in [1.165, 1.54) is 0 Å². The van der Waals surface area contributed by atoms with Crippen LogP contribution in [-0.2, 0) is 10.0 Å². The van der Waals surface area contributed by atoms with Gasteiger partial charge in [0, 0.05) is 14.1 Å². The van der Waals surface area contributed by atoms with Crippen molar-refractivity contribution in [3.05, 3.63) is 65.7 Å². The molecule has 0 saturated heterocycles. The summed E-state index contributed by atoms with van der Waals surface area (Å²) in [7, 11) is -5.10. The molecule has 2 atom stereocenters. The summed E-state index contributed by atoms with van der Waals surface area (Å²) in [6.45, 7) is 10.9. The second-order valence-electron chi connectivity index (χ2n) is 7.48. The first-order chi connectivity index (χ1) is 11.1. The summed E-state index contributed by atoms with van der Waals surface area (Å²) in [6, 6.07) is 16.6. The molecule has 1 N–H and O–H groups in total. The molecule has 0 saturated carbocycles. The Morgan fingerprint density at radius 2 is 1.46 bits per heavy atom. The molecule has 0 bridgehead atoms. The fourth-order valence-corrected chi connectivity index (χ4v) is 5.27. The molecule has 0 aliphatic rings. The van der Waals surface area contributed by atoms with Crippen LogP contribution in [0.25, 0.3) is 0 Å². The average Bonchev–Trinajstić information content (AvgIpc) is 2.52. The second-order valence-corrected chi connectivity index (χ2v) is 14.8. The number of hydrogen-bond donors (Lipinski definition) is 1. The zero-order valence-corrected chi connectivity index (χ0v) is 16.9. The highest BCUT2D eigenvalue weighted by atomic mass is 32.2. The van der Waals surface area contributed by atoms with E-state index in [-0.39, 0.29) is 11.6 Å². The number of aryl methyl sites for hydroxylation is 1. The lowest BCUT2D eigenvalue weighted by molar-refractivity contribution is 0.545. The third-order valence-corrected chi connectivity index (χ3v) is 9.16. The first-order valence-corrected chi connectivity index (χ1v) is 13.3. The minimum atomic E-state index is -3.56. The topological polar surface area (TPSA) is 46.2 Å². The average molecular weight is 362 g/mol. The van der Waals surface area contributed by atoms with Gasteiger partial charge in [-0.05, 0) is 30.2 Å². The molecule has 0 aliphatic carbocycles. The molecule has 3 nitrogen and oxygen atoms in total. The molecule has 0 aromatic heterocycles. The van der Waals surface area contributed by atoms with E-state index in [2.05, 4.69) is 31.3 Å². The van der Waals surface area contributed by atoms with Gasteiger partial charge in [-0.3, -0.25) is 0 Å². The van der Waals surface area contributed by atoms with Crippen molar-refractivity contribution in [2.45, 2.75) is 50.0 Å². The van der Waals surface area contributed by atoms with Crippen LogP contribution >= 0.6 is 0 Å². The van der Waals surface area contributed by atoms with Gasteiger partial charge in [-0.2, -0.15) is 0 Å². The van der Waals surface area contributed by atoms with Crippen LogP contribution in [0.1, 0.15) is 24.1 Å². The Morgan fingerprint density at radius 1 is 0.917 bits per heavy atom. The summed E-state index contributed by atoms with van der Waals surface area (Å²) in [6.07, 6.45) is 0. The van der Waals surface area contributed by atoms with Gasteiger partial charge < -0.3 is 0 Å². The molecule has 5 heteroatoms. The normalized spacial score (nSPS) is 15.0. The van der Waals surface area contributed by atoms with E-state index >= 15 is 0 Å². The highest BCUT2D eigenvalue weighted by Crippen LogP contribution is 2.35. The van der Waals surface area contributed by atoms with Crippen molar-refractivity contribution in [3.63, 3.8) is 0 Å². The first kappa shape index (κ1) is 18.9. The van der Waals surface area contributed by atoms with Crippen molar-refractivity contribution in [1.29, 1.82) is 0 Å². The van der Waals surface area contributed by atoms with Crippen molar-refractivity contribution in [3.8, 4) is 0 Å². The summed E-state index contributed by atoms with van der Waals surface area (Å²) in [5.74, 6) is 0. The van der Waals surface area contributed by atoms with Crippen LogP contribution in [0.15, 0.2) is 59.5 Å². The number of hydrogen-bond acceptors (Lipinski definition) is 2. The standard InChI is InChI=1S/C19H27NO2SSi/c1-15-11-13-18(14-12-15)23(21,22)20-19(16(2)24(3,4)5)17-9-7-6-8-10-17/h6-14,16,19-20H,1-5H3. The molecule has 0 fully saturated rings. The molecular weight excluding hydrogens is 334 g/mol. The van der Waals surface area contributed by atoms with E-state index in [4.69, 9.17) is 0 Å². The second kappa shape index (κ2) is 7.21. The summed E-state index contributed by atoms with van der Waals surface area (Å²) in [5, 5.41) is 0. The van der Waals surface area contributed by atoms with E-state index in [0.717, 1.165) is 11.1 Å². The number of rotatable bonds is 6. The van der Waals surface area contributed by atoms with Crippen molar-refractivity contribution in [2.75, 3.05) is 0 Å². The molecule has 130 valence electrons. The van der Waals surface area contributed by atoms with Crippen LogP contribution in [0, 0.1) is 6.92 Å². The lowest BCUT2D eigenvalue weighted by atomic mass is 10.1. The van der Waals surface area contributed by atoms with Crippen molar-refractivity contribution >= 4 is 18.1 Å². The molecule has 0 radical (unpaired) electrons. The Bertz CT molecular complexity index is 765. The molecule has 0 aliphatic heterocycles. The Hall–Kier alpha value is -1.43. The van der Waals surface area contributed by atoms with Gasteiger partial charge >= 0.3 is 0 Å². The first-order valence-electron chi connectivity index (χ1n) is 8.25. The number of benzene rings is 2. The van der Waals surface area contributed by atoms with Crippen molar-refractivity contribution < 1.29 is 8.42 Å². The quantitative estimate of drug-likeness (QED) is 0.755. The van der Waals surface area contributed by atoms with Gasteiger partial charge in [0.05, 0.1) is 4.90 Å². The molecule has 0 heterocycles. The maximum absolute atomic E-state index is 12.9. The predicted octanol–water partition coefficient (Wildman–Crippen LogP) is 4.74. The molecule has 24 heavy (non-hydrogen) atoms. The zero-order chi connectivity index (χ0) is 18.0. The van der Waals surface area contributed by atoms with Gasteiger partial charge in [-0.25, -0.2) is 13.1 Å². The van der Waals surface area contributed by atoms with Crippen molar-refractivity contribution in [2.24, 2.45) is 0 Å². The smallest absolute Gasteiger partial charge is 0.207 e. The molecule has 2 aromatic carbocycles. The summed E-state index contributed by atoms with van der Waals surface area (Å²) < 4.78 is 28.7. The number of sulfonamides is 1. The molecule has 2 aromatic rings. The van der Waals surface area contributed by atoms with Gasteiger partial charge in [-0.1, -0.05) is 74.6 Å². The van der Waals surface area contributed by atoms with Crippen LogP contribution in [-0.4, -0.2) is 16.5 Å². The van der Waals surface area contributed by atoms with Crippen molar-refractivity contribution in [1.82, 2.24) is 4.72 Å². The minimum Gasteiger partial charge on any atom is -0.207 e. The largest absolute Gasteiger partial charge is 0.241 e. The molecule has 0 spiro atoms. The number of nitrogens with one attached hydrogen (secondary N) is 1. The fourth-order valence-electron chi connectivity index (χ4n) is 2.57. The summed E-state index contributed by atoms with van der Waals surface area (Å²) >= 11 is 0. The minimum absolute atomic E-state index is 0.218. The highest BCUT2D eigenvalue weighted by molar-refractivity contribution is 7.89. The van der Waals surface area contributed by atoms with Gasteiger partial charge in [-0.15, -0.1) is 0 Å². The van der Waals surface area contributed by atoms with Crippen LogP contribution < -0.4 is 4.72 Å². The van der Waals surface area contributed by atoms with Crippen LogP contribution in [0.5, 0.6) is 0 Å². The third-order valence-electron chi connectivity index (χ3n) is 4.64.